The number of hydrogen-bond donors (Lipinski definition) is 1. The van der Waals surface area contributed by atoms with Gasteiger partial charge >= 0.3 is 0 Å². The van der Waals surface area contributed by atoms with Crippen molar-refractivity contribution in [2.75, 3.05) is 7.05 Å². The maximum Gasteiger partial charge on any atom is 0.0991 e. The molecule has 0 radical (unpaired) electrons. The fourth-order valence-electron chi connectivity index (χ4n) is 1.68. The minimum Gasteiger partial charge on any atom is -0.316 e. The van der Waals surface area contributed by atoms with Gasteiger partial charge in [0, 0.05) is 11.9 Å². The minimum atomic E-state index is 0.719. The predicted molar refractivity (Wildman–Crippen MR) is 87.7 cm³/mol. The lowest BCUT2D eigenvalue weighted by atomic mass is 10.1. The van der Waals surface area contributed by atoms with Gasteiger partial charge < -0.3 is 5.32 Å². The molecule has 0 fully saturated rings. The number of nitriles is 2. The largest absolute Gasteiger partial charge is 0.316 e. The zero-order chi connectivity index (χ0) is 15.5. The second-order valence-corrected chi connectivity index (χ2v) is 4.85. The molecule has 0 aliphatic heterocycles. The Kier molecular flexibility index (Phi) is 7.82. The Morgan fingerprint density at radius 1 is 0.952 bits per heavy atom. The summed E-state index contributed by atoms with van der Waals surface area (Å²) in [7, 11) is 1.89. The van der Waals surface area contributed by atoms with Crippen LogP contribution in [0, 0.1) is 22.7 Å². The van der Waals surface area contributed by atoms with Crippen LogP contribution in [0.2, 0.25) is 0 Å². The summed E-state index contributed by atoms with van der Waals surface area (Å²) in [6.45, 7) is 0.815. The molecule has 0 aliphatic rings. The molecule has 2 aromatic carbocycles. The van der Waals surface area contributed by atoms with Gasteiger partial charge in [-0.05, 0) is 42.4 Å². The first-order valence-corrected chi connectivity index (χ1v) is 7.54. The van der Waals surface area contributed by atoms with Gasteiger partial charge in [0.25, 0.3) is 0 Å². The highest BCUT2D eigenvalue weighted by Crippen LogP contribution is 2.07. The number of nitrogens with one attached hydrogen (secondary N) is 1. The molecular formula is C17H16BrN3. The van der Waals surface area contributed by atoms with E-state index in [1.165, 1.54) is 0 Å². The van der Waals surface area contributed by atoms with Crippen LogP contribution < -0.4 is 5.32 Å². The molecule has 21 heavy (non-hydrogen) atoms. The Hall–Kier alpha value is -2.14. The van der Waals surface area contributed by atoms with E-state index in [1.54, 1.807) is 12.1 Å². The molecule has 106 valence electrons. The molecule has 0 amide bonds. The Bertz CT molecular complexity index is 654. The first kappa shape index (κ1) is 16.9. The summed E-state index contributed by atoms with van der Waals surface area (Å²) in [5.74, 6) is 0. The molecule has 0 aliphatic carbocycles. The van der Waals surface area contributed by atoms with E-state index in [0.717, 1.165) is 34.1 Å². The van der Waals surface area contributed by atoms with E-state index in [0.29, 0.717) is 0 Å². The molecule has 0 atom stereocenters. The standard InChI is InChI=1S/C9H10N2.C8H6BrN/c1-11-7-9-4-2-3-8(5-9)6-10;9-5-7-2-1-3-8(4-7)6-10/h2-5,11H,7H2,1H3;1-4H,5H2. The van der Waals surface area contributed by atoms with Crippen molar-refractivity contribution in [2.24, 2.45) is 0 Å². The van der Waals surface area contributed by atoms with E-state index < -0.39 is 0 Å². The summed E-state index contributed by atoms with van der Waals surface area (Å²) in [5, 5.41) is 20.9. The van der Waals surface area contributed by atoms with Crippen molar-refractivity contribution in [3.05, 3.63) is 70.8 Å². The van der Waals surface area contributed by atoms with E-state index in [2.05, 4.69) is 33.4 Å². The average Bonchev–Trinajstić information content (AvgIpc) is 2.56. The zero-order valence-electron chi connectivity index (χ0n) is 11.8. The number of halogens is 1. The quantitative estimate of drug-likeness (QED) is 0.865. The molecule has 0 saturated carbocycles. The number of hydrogen-bond acceptors (Lipinski definition) is 3. The lowest BCUT2D eigenvalue weighted by Crippen LogP contribution is -2.04. The monoisotopic (exact) mass is 341 g/mol. The van der Waals surface area contributed by atoms with Crippen LogP contribution in [0.1, 0.15) is 22.3 Å². The van der Waals surface area contributed by atoms with Crippen molar-refractivity contribution >= 4 is 15.9 Å². The smallest absolute Gasteiger partial charge is 0.0991 e. The van der Waals surface area contributed by atoms with E-state index >= 15 is 0 Å². The van der Waals surface area contributed by atoms with Crippen LogP contribution >= 0.6 is 15.9 Å². The van der Waals surface area contributed by atoms with Gasteiger partial charge in [0.1, 0.15) is 0 Å². The first-order chi connectivity index (χ1) is 10.2. The number of rotatable bonds is 3. The first-order valence-electron chi connectivity index (χ1n) is 6.42. The topological polar surface area (TPSA) is 59.6 Å². The molecule has 0 bridgehead atoms. The van der Waals surface area contributed by atoms with Crippen molar-refractivity contribution in [3.8, 4) is 12.1 Å². The minimum absolute atomic E-state index is 0.719. The van der Waals surface area contributed by atoms with Crippen LogP contribution in [-0.2, 0) is 11.9 Å². The van der Waals surface area contributed by atoms with Crippen LogP contribution in [0.3, 0.4) is 0 Å². The van der Waals surface area contributed by atoms with Crippen LogP contribution in [0.15, 0.2) is 48.5 Å². The van der Waals surface area contributed by atoms with E-state index in [1.807, 2.05) is 43.4 Å². The van der Waals surface area contributed by atoms with Gasteiger partial charge in [0.2, 0.25) is 0 Å². The van der Waals surface area contributed by atoms with Gasteiger partial charge in [-0.2, -0.15) is 10.5 Å². The lowest BCUT2D eigenvalue weighted by Gasteiger charge is -1.98. The molecule has 2 aromatic rings. The van der Waals surface area contributed by atoms with Gasteiger partial charge in [0.15, 0.2) is 0 Å². The second kappa shape index (κ2) is 9.72. The van der Waals surface area contributed by atoms with E-state index in [9.17, 15) is 0 Å². The summed E-state index contributed by atoms with van der Waals surface area (Å²) >= 11 is 3.31. The summed E-state index contributed by atoms with van der Waals surface area (Å²) in [4.78, 5) is 0. The molecule has 0 aromatic heterocycles. The summed E-state index contributed by atoms with van der Waals surface area (Å²) in [5.41, 5.74) is 3.72. The molecule has 2 rings (SSSR count). The molecule has 0 unspecified atom stereocenters. The van der Waals surface area contributed by atoms with Gasteiger partial charge in [-0.15, -0.1) is 0 Å². The van der Waals surface area contributed by atoms with Crippen LogP contribution in [-0.4, -0.2) is 7.05 Å². The number of nitrogens with zero attached hydrogens (tertiary/aromatic N) is 2. The third-order valence-corrected chi connectivity index (χ3v) is 3.29. The average molecular weight is 342 g/mol. The lowest BCUT2D eigenvalue weighted by molar-refractivity contribution is 0.817. The Morgan fingerprint density at radius 3 is 1.95 bits per heavy atom. The van der Waals surface area contributed by atoms with Crippen molar-refractivity contribution in [3.63, 3.8) is 0 Å². The van der Waals surface area contributed by atoms with Crippen LogP contribution in [0.25, 0.3) is 0 Å². The fraction of sp³-hybridized carbons (Fsp3) is 0.176. The molecule has 3 nitrogen and oxygen atoms in total. The third-order valence-electron chi connectivity index (χ3n) is 2.65. The van der Waals surface area contributed by atoms with Crippen molar-refractivity contribution in [1.82, 2.24) is 5.32 Å². The van der Waals surface area contributed by atoms with Crippen molar-refractivity contribution in [1.29, 1.82) is 10.5 Å². The van der Waals surface area contributed by atoms with Crippen molar-refractivity contribution in [2.45, 2.75) is 11.9 Å². The second-order valence-electron chi connectivity index (χ2n) is 4.29. The van der Waals surface area contributed by atoms with E-state index in [4.69, 9.17) is 10.5 Å². The highest BCUT2D eigenvalue weighted by atomic mass is 79.9. The van der Waals surface area contributed by atoms with Crippen molar-refractivity contribution < 1.29 is 0 Å². The van der Waals surface area contributed by atoms with Gasteiger partial charge in [-0.3, -0.25) is 0 Å². The molecule has 0 saturated heterocycles. The third kappa shape index (κ3) is 6.23. The molecule has 4 heteroatoms. The Morgan fingerprint density at radius 2 is 1.48 bits per heavy atom. The Balaban J connectivity index is 0.000000211. The number of benzene rings is 2. The SMILES string of the molecule is CNCc1cccc(C#N)c1.N#Cc1cccc(CBr)c1. The maximum absolute atomic E-state index is 8.56. The van der Waals surface area contributed by atoms with Crippen LogP contribution in [0.5, 0.6) is 0 Å². The molecule has 0 heterocycles. The highest BCUT2D eigenvalue weighted by Gasteiger charge is 1.92. The fourth-order valence-corrected chi connectivity index (χ4v) is 2.03. The van der Waals surface area contributed by atoms with E-state index in [-0.39, 0.29) is 0 Å². The maximum atomic E-state index is 8.56. The zero-order valence-corrected chi connectivity index (χ0v) is 13.4. The summed E-state index contributed by atoms with van der Waals surface area (Å²) in [6, 6.07) is 19.3. The summed E-state index contributed by atoms with van der Waals surface area (Å²) in [6.07, 6.45) is 0. The summed E-state index contributed by atoms with van der Waals surface area (Å²) < 4.78 is 0. The molecular weight excluding hydrogens is 326 g/mol. The molecule has 0 spiro atoms. The molecule has 1 N–H and O–H groups in total. The highest BCUT2D eigenvalue weighted by molar-refractivity contribution is 9.08. The van der Waals surface area contributed by atoms with Crippen LogP contribution in [0.4, 0.5) is 0 Å². The van der Waals surface area contributed by atoms with Gasteiger partial charge in [0.05, 0.1) is 23.3 Å². The van der Waals surface area contributed by atoms with Gasteiger partial charge in [-0.1, -0.05) is 40.2 Å². The number of alkyl halides is 1. The predicted octanol–water partition coefficient (Wildman–Crippen LogP) is 3.73. The Labute approximate surface area is 134 Å². The normalized spacial score (nSPS) is 8.95. The van der Waals surface area contributed by atoms with Gasteiger partial charge in [-0.25, -0.2) is 0 Å².